The molecule has 0 saturated heterocycles. The first-order valence-electron chi connectivity index (χ1n) is 13.1. The quantitative estimate of drug-likeness (QED) is 0.175. The van der Waals surface area contributed by atoms with Gasteiger partial charge in [-0.05, 0) is 75.4 Å². The molecule has 0 bridgehead atoms. The lowest BCUT2D eigenvalue weighted by Crippen LogP contribution is -2.18. The molecule has 0 aliphatic heterocycles. The monoisotopic (exact) mass is 660 g/mol. The zero-order valence-electron chi connectivity index (χ0n) is 24.0. The van der Waals surface area contributed by atoms with E-state index in [9.17, 15) is 22.0 Å². The van der Waals surface area contributed by atoms with Crippen LogP contribution in [0.5, 0.6) is 17.2 Å². The molecule has 0 spiro atoms. The molecule has 2 aromatic carbocycles. The molecular formula is C29H32Cl2F2N2O7S. The second kappa shape index (κ2) is 15.5. The molecule has 43 heavy (non-hydrogen) atoms. The molecule has 0 aliphatic rings. The number of alkyl halides is 2. The van der Waals surface area contributed by atoms with E-state index in [-0.39, 0.29) is 56.5 Å². The normalized spacial score (nSPS) is 12.3. The Labute approximate surface area is 259 Å². The summed E-state index contributed by atoms with van der Waals surface area (Å²) in [6.45, 7) is -0.720. The number of ether oxygens (including phenoxy) is 4. The summed E-state index contributed by atoms with van der Waals surface area (Å²) < 4.78 is 73.5. The third kappa shape index (κ3) is 9.40. The first-order valence-corrected chi connectivity index (χ1v) is 15.5. The highest BCUT2D eigenvalue weighted by atomic mass is 35.5. The SMILES string of the molecule is CCOc1cc([C@H](Cc2c(Cl)cncc2Cl)OC(=O)c2ccc(OC)c(S(=O)(=O)CCCN(C)C)c2)ccc1OC(F)F. The fourth-order valence-electron chi connectivity index (χ4n) is 4.16. The summed E-state index contributed by atoms with van der Waals surface area (Å²) >= 11 is 12.7. The highest BCUT2D eigenvalue weighted by Crippen LogP contribution is 2.37. The number of rotatable bonds is 15. The molecule has 234 valence electrons. The van der Waals surface area contributed by atoms with Gasteiger partial charge in [-0.15, -0.1) is 0 Å². The Bertz CT molecular complexity index is 1500. The molecule has 0 unspecified atom stereocenters. The molecule has 9 nitrogen and oxygen atoms in total. The van der Waals surface area contributed by atoms with Crippen molar-refractivity contribution in [3.8, 4) is 17.2 Å². The maximum absolute atomic E-state index is 13.5. The summed E-state index contributed by atoms with van der Waals surface area (Å²) in [6, 6.07) is 8.10. The van der Waals surface area contributed by atoms with Crippen molar-refractivity contribution in [3.05, 3.63) is 75.5 Å². The van der Waals surface area contributed by atoms with Gasteiger partial charge in [0.05, 0.1) is 35.1 Å². The van der Waals surface area contributed by atoms with E-state index in [1.165, 1.54) is 55.9 Å². The van der Waals surface area contributed by atoms with Gasteiger partial charge >= 0.3 is 12.6 Å². The van der Waals surface area contributed by atoms with E-state index in [4.69, 9.17) is 37.4 Å². The summed E-state index contributed by atoms with van der Waals surface area (Å²) in [7, 11) is 1.19. The minimum absolute atomic E-state index is 0.00354. The number of halogens is 4. The van der Waals surface area contributed by atoms with Crippen LogP contribution in [0, 0.1) is 0 Å². The van der Waals surface area contributed by atoms with Crippen LogP contribution in [0.15, 0.2) is 53.7 Å². The molecule has 3 rings (SSSR count). The van der Waals surface area contributed by atoms with Crippen molar-refractivity contribution in [2.45, 2.75) is 37.4 Å². The summed E-state index contributed by atoms with van der Waals surface area (Å²) in [5.74, 6) is -1.13. The highest BCUT2D eigenvalue weighted by Gasteiger charge is 2.26. The van der Waals surface area contributed by atoms with Gasteiger partial charge < -0.3 is 23.8 Å². The minimum Gasteiger partial charge on any atom is -0.495 e. The van der Waals surface area contributed by atoms with Crippen LogP contribution in [0.2, 0.25) is 10.0 Å². The Hall–Kier alpha value is -3.19. The first kappa shape index (κ1) is 34.3. The van der Waals surface area contributed by atoms with Crippen molar-refractivity contribution < 1.29 is 40.9 Å². The number of benzene rings is 2. The Morgan fingerprint density at radius 3 is 2.30 bits per heavy atom. The van der Waals surface area contributed by atoms with Crippen LogP contribution in [-0.2, 0) is 21.0 Å². The van der Waals surface area contributed by atoms with Crippen LogP contribution in [0.25, 0.3) is 0 Å². The molecule has 0 aliphatic carbocycles. The summed E-state index contributed by atoms with van der Waals surface area (Å²) in [5, 5.41) is 0.429. The molecule has 0 fully saturated rings. The zero-order chi connectivity index (χ0) is 31.7. The standard InChI is InChI=1S/C29H32Cl2F2N2O7S/c1-5-40-26-13-18(7-9-23(26)42-29(32)33)25(15-20-21(30)16-34-17-22(20)31)41-28(36)19-8-10-24(39-4)27(14-19)43(37,38)12-6-11-35(2)3/h7-10,13-14,16-17,25,29H,5-6,11-12,15H2,1-4H3/t25-/m0/s1. The van der Waals surface area contributed by atoms with Gasteiger partial charge in [-0.2, -0.15) is 8.78 Å². The van der Waals surface area contributed by atoms with Gasteiger partial charge in [-0.3, -0.25) is 4.98 Å². The molecular weight excluding hydrogens is 629 g/mol. The van der Waals surface area contributed by atoms with Crippen molar-refractivity contribution in [1.82, 2.24) is 9.88 Å². The smallest absolute Gasteiger partial charge is 0.387 e. The maximum atomic E-state index is 13.5. The number of esters is 1. The Kier molecular flexibility index (Phi) is 12.4. The Balaban J connectivity index is 2.02. The number of carbonyl (C=O) groups excluding carboxylic acids is 1. The van der Waals surface area contributed by atoms with Crippen LogP contribution in [0.1, 0.15) is 40.9 Å². The number of hydrogen-bond donors (Lipinski definition) is 0. The molecule has 14 heteroatoms. The van der Waals surface area contributed by atoms with Gasteiger partial charge in [0, 0.05) is 18.8 Å². The van der Waals surface area contributed by atoms with Crippen molar-refractivity contribution in [2.24, 2.45) is 0 Å². The predicted molar refractivity (Wildman–Crippen MR) is 159 cm³/mol. The van der Waals surface area contributed by atoms with Gasteiger partial charge in [0.2, 0.25) is 0 Å². The summed E-state index contributed by atoms with van der Waals surface area (Å²) in [4.78, 5) is 19.2. The molecule has 0 saturated carbocycles. The molecule has 0 amide bonds. The second-order valence-corrected chi connectivity index (χ2v) is 12.4. The number of sulfone groups is 1. The van der Waals surface area contributed by atoms with E-state index in [1.54, 1.807) is 6.92 Å². The van der Waals surface area contributed by atoms with Gasteiger partial charge in [0.25, 0.3) is 0 Å². The summed E-state index contributed by atoms with van der Waals surface area (Å²) in [5.41, 5.74) is 0.722. The molecule has 0 radical (unpaired) electrons. The van der Waals surface area contributed by atoms with Gasteiger partial charge in [0.15, 0.2) is 21.3 Å². The van der Waals surface area contributed by atoms with Crippen molar-refractivity contribution in [2.75, 3.05) is 40.1 Å². The highest BCUT2D eigenvalue weighted by molar-refractivity contribution is 7.91. The van der Waals surface area contributed by atoms with E-state index in [0.29, 0.717) is 24.1 Å². The van der Waals surface area contributed by atoms with E-state index in [0.717, 1.165) is 0 Å². The third-order valence-electron chi connectivity index (χ3n) is 6.20. The van der Waals surface area contributed by atoms with Crippen molar-refractivity contribution in [3.63, 3.8) is 0 Å². The van der Waals surface area contributed by atoms with Crippen LogP contribution in [0.3, 0.4) is 0 Å². The van der Waals surface area contributed by atoms with Crippen LogP contribution >= 0.6 is 23.2 Å². The van der Waals surface area contributed by atoms with E-state index in [1.807, 2.05) is 19.0 Å². The topological polar surface area (TPSA) is 104 Å². The lowest BCUT2D eigenvalue weighted by molar-refractivity contribution is -0.0514. The number of pyridine rings is 1. The predicted octanol–water partition coefficient (Wildman–Crippen LogP) is 6.26. The fourth-order valence-corrected chi connectivity index (χ4v) is 6.17. The fraction of sp³-hybridized carbons (Fsp3) is 0.379. The molecule has 1 heterocycles. The molecule has 1 aromatic heterocycles. The van der Waals surface area contributed by atoms with E-state index in [2.05, 4.69) is 9.72 Å². The Morgan fingerprint density at radius 2 is 1.70 bits per heavy atom. The van der Waals surface area contributed by atoms with E-state index >= 15 is 0 Å². The largest absolute Gasteiger partial charge is 0.495 e. The molecule has 0 N–H and O–H groups in total. The van der Waals surface area contributed by atoms with E-state index < -0.39 is 28.5 Å². The van der Waals surface area contributed by atoms with Crippen LogP contribution in [-0.4, -0.2) is 71.0 Å². The van der Waals surface area contributed by atoms with Crippen LogP contribution < -0.4 is 14.2 Å². The van der Waals surface area contributed by atoms with Gasteiger partial charge in [0.1, 0.15) is 16.7 Å². The minimum atomic E-state index is -3.81. The first-order chi connectivity index (χ1) is 20.4. The van der Waals surface area contributed by atoms with Gasteiger partial charge in [-0.1, -0.05) is 29.3 Å². The van der Waals surface area contributed by atoms with Crippen molar-refractivity contribution in [1.29, 1.82) is 0 Å². The average molecular weight is 662 g/mol. The summed E-state index contributed by atoms with van der Waals surface area (Å²) in [6.07, 6.45) is 2.04. The second-order valence-electron chi connectivity index (χ2n) is 9.54. The number of methoxy groups -OCH3 is 1. The number of aromatic nitrogens is 1. The van der Waals surface area contributed by atoms with Crippen LogP contribution in [0.4, 0.5) is 8.78 Å². The average Bonchev–Trinajstić information content (AvgIpc) is 2.94. The number of nitrogens with zero attached hydrogens (tertiary/aromatic N) is 2. The Morgan fingerprint density at radius 1 is 1.02 bits per heavy atom. The third-order valence-corrected chi connectivity index (χ3v) is 8.67. The lowest BCUT2D eigenvalue weighted by atomic mass is 10.0. The molecule has 1 atom stereocenters. The lowest BCUT2D eigenvalue weighted by Gasteiger charge is -2.22. The molecule has 3 aromatic rings. The van der Waals surface area contributed by atoms with Crippen molar-refractivity contribution >= 4 is 39.0 Å². The van der Waals surface area contributed by atoms with Gasteiger partial charge in [-0.25, -0.2) is 13.2 Å². The number of carbonyl (C=O) groups is 1. The maximum Gasteiger partial charge on any atom is 0.387 e. The number of hydrogen-bond acceptors (Lipinski definition) is 9. The zero-order valence-corrected chi connectivity index (χ0v) is 26.3.